The molecule has 2 heterocycles. The van der Waals surface area contributed by atoms with E-state index in [1.165, 1.54) is 24.4 Å². The minimum atomic E-state index is 0.668. The maximum atomic E-state index is 4.36. The molecule has 2 atom stereocenters. The highest BCUT2D eigenvalue weighted by Gasteiger charge is 2.25. The number of thiazole rings is 1. The summed E-state index contributed by atoms with van der Waals surface area (Å²) in [5.74, 6) is 0. The Morgan fingerprint density at radius 2 is 2.50 bits per heavy atom. The van der Waals surface area contributed by atoms with Crippen LogP contribution in [0.4, 0.5) is 0 Å². The summed E-state index contributed by atoms with van der Waals surface area (Å²) < 4.78 is 0. The van der Waals surface area contributed by atoms with Crippen LogP contribution in [0.5, 0.6) is 0 Å². The van der Waals surface area contributed by atoms with Crippen LogP contribution in [0.3, 0.4) is 0 Å². The summed E-state index contributed by atoms with van der Waals surface area (Å²) in [6.07, 6.45) is 4.43. The summed E-state index contributed by atoms with van der Waals surface area (Å²) >= 11 is 1.76. The lowest BCUT2D eigenvalue weighted by Gasteiger charge is -2.37. The Kier molecular flexibility index (Phi) is 4.32. The third-order valence-electron chi connectivity index (χ3n) is 3.33. The summed E-state index contributed by atoms with van der Waals surface area (Å²) in [6.45, 7) is 7.82. The van der Waals surface area contributed by atoms with Gasteiger partial charge in [0.15, 0.2) is 0 Å². The molecule has 0 aliphatic carbocycles. The number of piperidine rings is 1. The van der Waals surface area contributed by atoms with E-state index < -0.39 is 0 Å². The van der Waals surface area contributed by atoms with E-state index in [2.05, 4.69) is 34.4 Å². The van der Waals surface area contributed by atoms with E-state index in [0.29, 0.717) is 12.1 Å². The topological polar surface area (TPSA) is 28.2 Å². The third kappa shape index (κ3) is 3.03. The molecule has 90 valence electrons. The lowest BCUT2D eigenvalue weighted by Crippen LogP contribution is -2.46. The second-order valence-corrected chi connectivity index (χ2v) is 5.50. The average molecular weight is 239 g/mol. The Hall–Kier alpha value is -0.450. The smallest absolute Gasteiger partial charge is 0.107 e. The van der Waals surface area contributed by atoms with Crippen molar-refractivity contribution < 1.29 is 0 Å². The Labute approximate surface area is 102 Å². The highest BCUT2D eigenvalue weighted by molar-refractivity contribution is 7.09. The molecule has 1 aromatic heterocycles. The summed E-state index contributed by atoms with van der Waals surface area (Å²) in [6, 6.07) is 1.38. The van der Waals surface area contributed by atoms with Gasteiger partial charge in [0, 0.05) is 30.2 Å². The first-order chi connectivity index (χ1) is 7.79. The van der Waals surface area contributed by atoms with Gasteiger partial charge in [0.05, 0.1) is 6.54 Å². The molecule has 4 heteroatoms. The van der Waals surface area contributed by atoms with Crippen LogP contribution >= 0.6 is 11.3 Å². The van der Waals surface area contributed by atoms with Crippen molar-refractivity contribution in [1.29, 1.82) is 0 Å². The highest BCUT2D eigenvalue weighted by Crippen LogP contribution is 2.20. The monoisotopic (exact) mass is 239 g/mol. The molecule has 1 saturated heterocycles. The van der Waals surface area contributed by atoms with E-state index in [1.807, 2.05) is 6.20 Å². The fourth-order valence-electron chi connectivity index (χ4n) is 2.43. The molecule has 0 bridgehead atoms. The molecule has 0 amide bonds. The van der Waals surface area contributed by atoms with Gasteiger partial charge >= 0.3 is 0 Å². The molecular weight excluding hydrogens is 218 g/mol. The Balaban J connectivity index is 1.84. The second-order valence-electron chi connectivity index (χ2n) is 4.52. The van der Waals surface area contributed by atoms with Gasteiger partial charge in [-0.1, -0.05) is 6.92 Å². The molecule has 0 saturated carbocycles. The van der Waals surface area contributed by atoms with Gasteiger partial charge in [0.2, 0.25) is 0 Å². The number of hydrogen-bond acceptors (Lipinski definition) is 4. The first-order valence-corrected chi connectivity index (χ1v) is 7.03. The number of aromatic nitrogens is 1. The molecule has 1 fully saturated rings. The first-order valence-electron chi connectivity index (χ1n) is 6.15. The highest BCUT2D eigenvalue weighted by atomic mass is 32.1. The zero-order valence-corrected chi connectivity index (χ0v) is 11.0. The minimum Gasteiger partial charge on any atom is -0.314 e. The van der Waals surface area contributed by atoms with Crippen molar-refractivity contribution in [3.05, 3.63) is 16.6 Å². The van der Waals surface area contributed by atoms with E-state index in [9.17, 15) is 0 Å². The summed E-state index contributed by atoms with van der Waals surface area (Å²) in [5.41, 5.74) is 0. The number of likely N-dealkylation sites (tertiary alicyclic amines) is 1. The van der Waals surface area contributed by atoms with Crippen LogP contribution in [0.15, 0.2) is 11.6 Å². The fraction of sp³-hybridized carbons (Fsp3) is 0.750. The third-order valence-corrected chi connectivity index (χ3v) is 4.09. The van der Waals surface area contributed by atoms with Gasteiger partial charge in [-0.25, -0.2) is 4.98 Å². The van der Waals surface area contributed by atoms with E-state index in [-0.39, 0.29) is 0 Å². The molecule has 3 nitrogen and oxygen atoms in total. The summed E-state index contributed by atoms with van der Waals surface area (Å²) in [4.78, 5) is 6.91. The van der Waals surface area contributed by atoms with E-state index >= 15 is 0 Å². The molecule has 0 spiro atoms. The molecule has 16 heavy (non-hydrogen) atoms. The quantitative estimate of drug-likeness (QED) is 0.872. The average Bonchev–Trinajstić information content (AvgIpc) is 2.75. The van der Waals surface area contributed by atoms with E-state index in [0.717, 1.165) is 13.1 Å². The number of rotatable bonds is 4. The van der Waals surface area contributed by atoms with Crippen molar-refractivity contribution in [3.8, 4) is 0 Å². The van der Waals surface area contributed by atoms with Crippen LogP contribution in [0.25, 0.3) is 0 Å². The number of nitrogens with one attached hydrogen (secondary N) is 1. The number of hydrogen-bond donors (Lipinski definition) is 1. The van der Waals surface area contributed by atoms with Gasteiger partial charge in [-0.2, -0.15) is 0 Å². The minimum absolute atomic E-state index is 0.668. The van der Waals surface area contributed by atoms with Gasteiger partial charge in [-0.15, -0.1) is 11.3 Å². The Bertz CT molecular complexity index is 299. The maximum absolute atomic E-state index is 4.36. The molecule has 0 aromatic carbocycles. The normalized spacial score (nSPS) is 27.1. The van der Waals surface area contributed by atoms with Gasteiger partial charge in [-0.05, 0) is 26.3 Å². The molecule has 1 N–H and O–H groups in total. The van der Waals surface area contributed by atoms with E-state index in [4.69, 9.17) is 0 Å². The van der Waals surface area contributed by atoms with Crippen LogP contribution in [-0.4, -0.2) is 35.1 Å². The van der Waals surface area contributed by atoms with Crippen molar-refractivity contribution in [1.82, 2.24) is 15.2 Å². The standard InChI is InChI=1S/C12H21N3S/c1-3-13-11-4-6-15(10(2)8-11)9-12-14-5-7-16-12/h5,7,10-11,13H,3-4,6,8-9H2,1-2H3. The Morgan fingerprint density at radius 3 is 3.12 bits per heavy atom. The van der Waals surface area contributed by atoms with Gasteiger partial charge in [0.1, 0.15) is 5.01 Å². The second kappa shape index (κ2) is 5.75. The Morgan fingerprint density at radius 1 is 1.62 bits per heavy atom. The van der Waals surface area contributed by atoms with Gasteiger partial charge in [-0.3, -0.25) is 4.90 Å². The fourth-order valence-corrected chi connectivity index (χ4v) is 3.08. The lowest BCUT2D eigenvalue weighted by atomic mass is 9.98. The van der Waals surface area contributed by atoms with Crippen LogP contribution < -0.4 is 5.32 Å². The molecule has 1 aliphatic heterocycles. The zero-order valence-electron chi connectivity index (χ0n) is 10.1. The molecule has 0 radical (unpaired) electrons. The van der Waals surface area contributed by atoms with Crippen LogP contribution in [0.2, 0.25) is 0 Å². The maximum Gasteiger partial charge on any atom is 0.107 e. The molecule has 1 aromatic rings. The van der Waals surface area contributed by atoms with Crippen LogP contribution in [-0.2, 0) is 6.54 Å². The lowest BCUT2D eigenvalue weighted by molar-refractivity contribution is 0.129. The molecule has 2 unspecified atom stereocenters. The molecule has 2 rings (SSSR count). The van der Waals surface area contributed by atoms with Crippen molar-refractivity contribution >= 4 is 11.3 Å². The predicted octanol–water partition coefficient (Wildman–Crippen LogP) is 2.11. The SMILES string of the molecule is CCNC1CCN(Cc2nccs2)C(C)C1. The van der Waals surface area contributed by atoms with Crippen LogP contribution in [0, 0.1) is 0 Å². The largest absolute Gasteiger partial charge is 0.314 e. The van der Waals surface area contributed by atoms with Crippen molar-refractivity contribution in [3.63, 3.8) is 0 Å². The zero-order chi connectivity index (χ0) is 11.4. The van der Waals surface area contributed by atoms with Crippen molar-refractivity contribution in [2.24, 2.45) is 0 Å². The first kappa shape index (κ1) is 12.0. The molecule has 1 aliphatic rings. The van der Waals surface area contributed by atoms with Gasteiger partial charge < -0.3 is 5.32 Å². The van der Waals surface area contributed by atoms with Crippen molar-refractivity contribution in [2.75, 3.05) is 13.1 Å². The molecular formula is C12H21N3S. The van der Waals surface area contributed by atoms with Crippen molar-refractivity contribution in [2.45, 2.75) is 45.3 Å². The predicted molar refractivity (Wildman–Crippen MR) is 68.7 cm³/mol. The van der Waals surface area contributed by atoms with Crippen LogP contribution in [0.1, 0.15) is 31.7 Å². The van der Waals surface area contributed by atoms with Gasteiger partial charge in [0.25, 0.3) is 0 Å². The summed E-state index contributed by atoms with van der Waals surface area (Å²) in [5, 5.41) is 6.86. The summed E-state index contributed by atoms with van der Waals surface area (Å²) in [7, 11) is 0. The van der Waals surface area contributed by atoms with E-state index in [1.54, 1.807) is 11.3 Å². The number of nitrogens with zero attached hydrogens (tertiary/aromatic N) is 2.